The van der Waals surface area contributed by atoms with E-state index in [9.17, 15) is 9.59 Å². The minimum atomic E-state index is -0.325. The van der Waals surface area contributed by atoms with E-state index in [1.54, 1.807) is 30.4 Å². The van der Waals surface area contributed by atoms with Gasteiger partial charge in [0.25, 0.3) is 0 Å². The molecule has 1 atom stereocenters. The van der Waals surface area contributed by atoms with Gasteiger partial charge in [-0.2, -0.15) is 0 Å². The number of allylic oxidation sites excluding steroid dienone is 4. The van der Waals surface area contributed by atoms with Crippen LogP contribution >= 0.6 is 0 Å². The maximum atomic E-state index is 12.6. The van der Waals surface area contributed by atoms with Crippen molar-refractivity contribution in [1.29, 1.82) is 0 Å². The summed E-state index contributed by atoms with van der Waals surface area (Å²) in [6, 6.07) is 16.5. The van der Waals surface area contributed by atoms with Crippen LogP contribution in [-0.4, -0.2) is 25.4 Å². The topological polar surface area (TPSA) is 34.1 Å². The Morgan fingerprint density at radius 2 is 1.68 bits per heavy atom. The van der Waals surface area contributed by atoms with Crippen LogP contribution in [0.2, 0.25) is 0 Å². The zero-order valence-corrected chi connectivity index (χ0v) is 15.9. The SMILES string of the molecule is C=C/C=C(\C=C)[Se]C(=O)C(C)c1cccc(C(=O)c2ccccc2)c1. The zero-order valence-electron chi connectivity index (χ0n) is 14.1. The third-order valence-corrected chi connectivity index (χ3v) is 6.03. The van der Waals surface area contributed by atoms with Gasteiger partial charge in [0.1, 0.15) is 0 Å². The van der Waals surface area contributed by atoms with Crippen LogP contribution < -0.4 is 0 Å². The number of carbonyl (C=O) groups is 2. The second-order valence-electron chi connectivity index (χ2n) is 5.47. The van der Waals surface area contributed by atoms with E-state index in [4.69, 9.17) is 0 Å². The molecule has 0 bridgehead atoms. The Kier molecular flexibility index (Phi) is 6.88. The molecule has 0 aromatic heterocycles. The van der Waals surface area contributed by atoms with E-state index in [-0.39, 0.29) is 31.3 Å². The number of benzene rings is 2. The van der Waals surface area contributed by atoms with Gasteiger partial charge in [-0.3, -0.25) is 0 Å². The van der Waals surface area contributed by atoms with Crippen molar-refractivity contribution in [2.75, 3.05) is 0 Å². The van der Waals surface area contributed by atoms with Crippen molar-refractivity contribution in [2.45, 2.75) is 12.8 Å². The number of hydrogen-bond donors (Lipinski definition) is 0. The van der Waals surface area contributed by atoms with Gasteiger partial charge in [0.2, 0.25) is 0 Å². The molecule has 0 aliphatic heterocycles. The van der Waals surface area contributed by atoms with Crippen molar-refractivity contribution in [3.05, 3.63) is 107 Å². The van der Waals surface area contributed by atoms with Crippen LogP contribution in [0.1, 0.15) is 34.3 Å². The molecule has 0 radical (unpaired) electrons. The first kappa shape index (κ1) is 18.9. The van der Waals surface area contributed by atoms with Gasteiger partial charge < -0.3 is 0 Å². The third kappa shape index (κ3) is 4.99. The fourth-order valence-electron chi connectivity index (χ4n) is 2.31. The van der Waals surface area contributed by atoms with E-state index < -0.39 is 0 Å². The van der Waals surface area contributed by atoms with Crippen LogP contribution in [0.5, 0.6) is 0 Å². The Balaban J connectivity index is 2.21. The summed E-state index contributed by atoms with van der Waals surface area (Å²) in [5.41, 5.74) is 2.10. The van der Waals surface area contributed by atoms with E-state index in [0.717, 1.165) is 10.0 Å². The van der Waals surface area contributed by atoms with Crippen LogP contribution in [0, 0.1) is 0 Å². The molecule has 0 N–H and O–H groups in total. The van der Waals surface area contributed by atoms with Crippen molar-refractivity contribution in [2.24, 2.45) is 0 Å². The van der Waals surface area contributed by atoms with Gasteiger partial charge in [-0.05, 0) is 0 Å². The zero-order chi connectivity index (χ0) is 18.2. The van der Waals surface area contributed by atoms with Crippen molar-refractivity contribution in [3.63, 3.8) is 0 Å². The minimum absolute atomic E-state index is 0.0362. The van der Waals surface area contributed by atoms with Crippen LogP contribution in [0.15, 0.2) is 90.5 Å². The van der Waals surface area contributed by atoms with Gasteiger partial charge in [-0.25, -0.2) is 0 Å². The first-order chi connectivity index (χ1) is 12.1. The summed E-state index contributed by atoms with van der Waals surface area (Å²) < 4.78 is 1.04. The second-order valence-corrected chi connectivity index (χ2v) is 7.73. The molecular weight excluding hydrogens is 375 g/mol. The molecule has 0 heterocycles. The van der Waals surface area contributed by atoms with E-state index in [2.05, 4.69) is 13.2 Å². The van der Waals surface area contributed by atoms with Gasteiger partial charge in [-0.1, -0.05) is 0 Å². The fourth-order valence-corrected chi connectivity index (χ4v) is 3.97. The predicted molar refractivity (Wildman–Crippen MR) is 104 cm³/mol. The Morgan fingerprint density at radius 1 is 1.00 bits per heavy atom. The second kappa shape index (κ2) is 9.12. The van der Waals surface area contributed by atoms with Gasteiger partial charge in [-0.15, -0.1) is 0 Å². The molecule has 0 spiro atoms. The number of hydrogen-bond acceptors (Lipinski definition) is 2. The number of ketones is 1. The molecule has 2 aromatic rings. The number of carbonyl (C=O) groups excluding carboxylic acids is 2. The Bertz CT molecular complexity index is 819. The molecule has 1 unspecified atom stereocenters. The summed E-state index contributed by atoms with van der Waals surface area (Å²) in [5.74, 6) is -0.303. The normalized spacial score (nSPS) is 12.3. The Hall–Kier alpha value is -2.48. The molecular formula is C22H20O2Se. The summed E-state index contributed by atoms with van der Waals surface area (Å²) >= 11 is -0.325. The molecule has 0 amide bonds. The van der Waals surface area contributed by atoms with E-state index >= 15 is 0 Å². The summed E-state index contributed by atoms with van der Waals surface area (Å²) in [4.78, 5) is 25.1. The predicted octanol–water partition coefficient (Wildman–Crippen LogP) is 4.51. The van der Waals surface area contributed by atoms with Crippen LogP contribution in [0.4, 0.5) is 0 Å². The van der Waals surface area contributed by atoms with Crippen molar-refractivity contribution in [1.82, 2.24) is 0 Å². The maximum absolute atomic E-state index is 12.6. The molecule has 2 rings (SSSR count). The van der Waals surface area contributed by atoms with Crippen molar-refractivity contribution in [3.8, 4) is 0 Å². The van der Waals surface area contributed by atoms with E-state index in [1.807, 2.05) is 49.4 Å². The molecule has 0 aliphatic rings. The quantitative estimate of drug-likeness (QED) is 0.375. The summed E-state index contributed by atoms with van der Waals surface area (Å²) in [5, 5.41) is 0. The average molecular weight is 395 g/mol. The molecule has 2 nitrogen and oxygen atoms in total. The molecule has 2 aromatic carbocycles. The Labute approximate surface area is 155 Å². The Morgan fingerprint density at radius 3 is 2.32 bits per heavy atom. The van der Waals surface area contributed by atoms with Gasteiger partial charge in [0.15, 0.2) is 0 Å². The van der Waals surface area contributed by atoms with Crippen LogP contribution in [-0.2, 0) is 4.79 Å². The van der Waals surface area contributed by atoms with Gasteiger partial charge in [0, 0.05) is 0 Å². The molecule has 0 aliphatic carbocycles. The third-order valence-electron chi connectivity index (χ3n) is 3.74. The van der Waals surface area contributed by atoms with Crippen molar-refractivity contribution < 1.29 is 9.59 Å². The van der Waals surface area contributed by atoms with Gasteiger partial charge >= 0.3 is 155 Å². The number of rotatable bonds is 8. The van der Waals surface area contributed by atoms with Crippen LogP contribution in [0.25, 0.3) is 0 Å². The van der Waals surface area contributed by atoms with Gasteiger partial charge in [0.05, 0.1) is 0 Å². The van der Waals surface area contributed by atoms with Crippen LogP contribution in [0.3, 0.4) is 0 Å². The monoisotopic (exact) mass is 396 g/mol. The van der Waals surface area contributed by atoms with Crippen molar-refractivity contribution >= 4 is 25.4 Å². The summed E-state index contributed by atoms with van der Waals surface area (Å²) in [6.45, 7) is 9.27. The first-order valence-electron chi connectivity index (χ1n) is 7.93. The molecule has 0 fully saturated rings. The summed E-state index contributed by atoms with van der Waals surface area (Å²) in [6.07, 6.45) is 5.17. The molecule has 25 heavy (non-hydrogen) atoms. The fraction of sp³-hybridized carbons (Fsp3) is 0.0909. The average Bonchev–Trinajstić information content (AvgIpc) is 2.67. The molecule has 126 valence electrons. The first-order valence-corrected chi connectivity index (χ1v) is 9.64. The standard InChI is InChI=1S/C22H20O2Se/c1-4-10-20(5-2)25-22(24)16(3)18-13-9-14-19(15-18)21(23)17-11-7-6-8-12-17/h4-16H,1-2H2,3H3/b20-10+. The van der Waals surface area contributed by atoms with E-state index in [0.29, 0.717) is 11.1 Å². The molecule has 0 saturated heterocycles. The molecule has 0 saturated carbocycles. The summed E-state index contributed by atoms with van der Waals surface area (Å²) in [7, 11) is 0. The molecule has 3 heteroatoms. The van der Waals surface area contributed by atoms with E-state index in [1.165, 1.54) is 0 Å².